The number of aromatic nitrogens is 3. The molecule has 5 rings (SSSR count). The molecule has 24 heavy (non-hydrogen) atoms. The van der Waals surface area contributed by atoms with Gasteiger partial charge in [-0.1, -0.05) is 30.3 Å². The van der Waals surface area contributed by atoms with Gasteiger partial charge in [-0.15, -0.1) is 0 Å². The number of aryl methyl sites for hydroxylation is 1. The normalized spacial score (nSPS) is 24.3. The number of aliphatic hydroxyl groups is 1. The molecular weight excluding hydrogens is 300 g/mol. The summed E-state index contributed by atoms with van der Waals surface area (Å²) >= 11 is 0. The van der Waals surface area contributed by atoms with Gasteiger partial charge in [-0.05, 0) is 24.5 Å². The molecule has 0 bridgehead atoms. The molecule has 120 valence electrons. The number of anilines is 1. The molecule has 1 aliphatic heterocycles. The molecule has 0 unspecified atom stereocenters. The molecule has 0 spiro atoms. The van der Waals surface area contributed by atoms with Gasteiger partial charge in [0.15, 0.2) is 0 Å². The van der Waals surface area contributed by atoms with Gasteiger partial charge in [-0.25, -0.2) is 9.97 Å². The van der Waals surface area contributed by atoms with E-state index in [1.54, 1.807) is 6.07 Å². The largest absolute Gasteiger partial charge is 0.388 e. The lowest BCUT2D eigenvalue weighted by Gasteiger charge is -2.34. The molecule has 0 saturated heterocycles. The summed E-state index contributed by atoms with van der Waals surface area (Å²) in [4.78, 5) is 8.72. The highest BCUT2D eigenvalue weighted by atomic mass is 16.3. The maximum Gasteiger partial charge on any atom is 0.123 e. The summed E-state index contributed by atoms with van der Waals surface area (Å²) in [6.07, 6.45) is 4.95. The lowest BCUT2D eigenvalue weighted by molar-refractivity contribution is 0.0711. The third-order valence-electron chi connectivity index (χ3n) is 5.40. The molecule has 3 heterocycles. The van der Waals surface area contributed by atoms with Crippen LogP contribution in [-0.2, 0) is 6.42 Å². The third-order valence-corrected chi connectivity index (χ3v) is 5.40. The predicted octanol–water partition coefficient (Wildman–Crippen LogP) is 2.73. The molecule has 5 heteroatoms. The minimum absolute atomic E-state index is 0.0968. The number of nitrogens with two attached hydrogens (primary N) is 1. The number of pyridine rings is 1. The molecule has 1 aromatic carbocycles. The molecule has 0 radical (unpaired) electrons. The number of nitrogen functional groups attached to an aromatic ring is 1. The molecule has 2 aliphatic rings. The van der Waals surface area contributed by atoms with E-state index in [-0.39, 0.29) is 12.0 Å². The number of benzene rings is 1. The van der Waals surface area contributed by atoms with Gasteiger partial charge in [0.1, 0.15) is 5.82 Å². The van der Waals surface area contributed by atoms with Crippen molar-refractivity contribution < 1.29 is 5.11 Å². The van der Waals surface area contributed by atoms with Crippen molar-refractivity contribution in [2.75, 3.05) is 5.73 Å². The van der Waals surface area contributed by atoms with Crippen LogP contribution < -0.4 is 5.73 Å². The molecule has 3 atom stereocenters. The first-order valence-electron chi connectivity index (χ1n) is 8.28. The van der Waals surface area contributed by atoms with Gasteiger partial charge in [0.2, 0.25) is 0 Å². The Labute approximate surface area is 139 Å². The number of nitrogens with zero attached hydrogens (tertiary/aromatic N) is 3. The van der Waals surface area contributed by atoms with Gasteiger partial charge < -0.3 is 15.4 Å². The minimum atomic E-state index is -0.548. The van der Waals surface area contributed by atoms with E-state index in [2.05, 4.69) is 38.8 Å². The first-order valence-corrected chi connectivity index (χ1v) is 8.28. The molecule has 0 amide bonds. The minimum Gasteiger partial charge on any atom is -0.388 e. The Morgan fingerprint density at radius 1 is 1.12 bits per heavy atom. The molecule has 1 aliphatic carbocycles. The summed E-state index contributed by atoms with van der Waals surface area (Å²) in [5, 5.41) is 11.0. The quantitative estimate of drug-likeness (QED) is 0.723. The van der Waals surface area contributed by atoms with Crippen LogP contribution in [0.1, 0.15) is 35.4 Å². The van der Waals surface area contributed by atoms with E-state index >= 15 is 0 Å². The van der Waals surface area contributed by atoms with Gasteiger partial charge >= 0.3 is 0 Å². The molecule has 3 N–H and O–H groups in total. The van der Waals surface area contributed by atoms with Crippen molar-refractivity contribution >= 4 is 5.82 Å². The number of imidazole rings is 1. The monoisotopic (exact) mass is 318 g/mol. The van der Waals surface area contributed by atoms with Gasteiger partial charge in [0.05, 0.1) is 30.4 Å². The van der Waals surface area contributed by atoms with Crippen LogP contribution in [0.25, 0.3) is 11.3 Å². The van der Waals surface area contributed by atoms with Gasteiger partial charge in [0.25, 0.3) is 0 Å². The van der Waals surface area contributed by atoms with Crippen molar-refractivity contribution in [3.8, 4) is 11.3 Å². The van der Waals surface area contributed by atoms with E-state index in [1.807, 2.05) is 18.6 Å². The van der Waals surface area contributed by atoms with Gasteiger partial charge in [-0.3, -0.25) is 0 Å². The molecule has 0 fully saturated rings. The van der Waals surface area contributed by atoms with E-state index in [4.69, 9.17) is 5.73 Å². The van der Waals surface area contributed by atoms with Crippen molar-refractivity contribution in [1.29, 1.82) is 0 Å². The predicted molar refractivity (Wildman–Crippen MR) is 91.2 cm³/mol. The van der Waals surface area contributed by atoms with Crippen LogP contribution in [0.3, 0.4) is 0 Å². The second-order valence-electron chi connectivity index (χ2n) is 6.64. The standard InChI is InChI=1S/C19H18N4O/c20-17-8-6-13-15(22-17)7-5-14(19(13)24)18-12-4-2-1-3-11(12)16-9-21-10-23(16)18/h1-4,6,8-10,14,18-19,24H,5,7H2,(H2,20,22)/t14-,18-,19+/m0/s1. The smallest absolute Gasteiger partial charge is 0.123 e. The Kier molecular flexibility index (Phi) is 2.82. The highest BCUT2D eigenvalue weighted by Gasteiger charge is 2.40. The summed E-state index contributed by atoms with van der Waals surface area (Å²) in [5.41, 5.74) is 11.2. The summed E-state index contributed by atoms with van der Waals surface area (Å²) in [6, 6.07) is 12.2. The summed E-state index contributed by atoms with van der Waals surface area (Å²) < 4.78 is 2.20. The molecule has 2 aromatic heterocycles. The number of fused-ring (bicyclic) bond motifs is 4. The number of hydrogen-bond donors (Lipinski definition) is 2. The van der Waals surface area contributed by atoms with Crippen LogP contribution >= 0.6 is 0 Å². The van der Waals surface area contributed by atoms with Crippen LogP contribution in [0.5, 0.6) is 0 Å². The summed E-state index contributed by atoms with van der Waals surface area (Å²) in [6.45, 7) is 0. The van der Waals surface area contributed by atoms with E-state index in [1.165, 1.54) is 11.1 Å². The highest BCUT2D eigenvalue weighted by Crippen LogP contribution is 2.49. The second-order valence-corrected chi connectivity index (χ2v) is 6.64. The number of hydrogen-bond acceptors (Lipinski definition) is 4. The SMILES string of the molecule is Nc1ccc2c(n1)CC[C@@H]([C@@H]1c3ccccc3-c3cncn31)[C@@H]2O. The second kappa shape index (κ2) is 4.92. The fraction of sp³-hybridized carbons (Fsp3) is 0.263. The average molecular weight is 318 g/mol. The molecule has 3 aromatic rings. The van der Waals surface area contributed by atoms with Crippen molar-refractivity contribution in [1.82, 2.24) is 14.5 Å². The highest BCUT2D eigenvalue weighted by molar-refractivity contribution is 5.69. The summed E-state index contributed by atoms with van der Waals surface area (Å²) in [7, 11) is 0. The molecule has 5 nitrogen and oxygen atoms in total. The zero-order valence-electron chi connectivity index (χ0n) is 13.1. The Morgan fingerprint density at radius 3 is 2.92 bits per heavy atom. The third kappa shape index (κ3) is 1.79. The first kappa shape index (κ1) is 13.7. The average Bonchev–Trinajstić information content (AvgIpc) is 3.16. The Hall–Kier alpha value is -2.66. The maximum atomic E-state index is 11.0. The van der Waals surface area contributed by atoms with Crippen LogP contribution in [0.2, 0.25) is 0 Å². The van der Waals surface area contributed by atoms with Crippen LogP contribution in [-0.4, -0.2) is 19.6 Å². The summed E-state index contributed by atoms with van der Waals surface area (Å²) in [5.74, 6) is 0.613. The Balaban J connectivity index is 1.62. The van der Waals surface area contributed by atoms with Crippen molar-refractivity contribution in [2.24, 2.45) is 5.92 Å². The zero-order valence-corrected chi connectivity index (χ0v) is 13.1. The number of rotatable bonds is 1. The maximum absolute atomic E-state index is 11.0. The van der Waals surface area contributed by atoms with Gasteiger partial charge in [0, 0.05) is 22.7 Å². The van der Waals surface area contributed by atoms with Crippen molar-refractivity contribution in [3.05, 3.63) is 65.7 Å². The zero-order chi connectivity index (χ0) is 16.3. The van der Waals surface area contributed by atoms with Crippen molar-refractivity contribution in [3.63, 3.8) is 0 Å². The molecule has 0 saturated carbocycles. The van der Waals surface area contributed by atoms with E-state index in [9.17, 15) is 5.11 Å². The lowest BCUT2D eigenvalue weighted by Crippen LogP contribution is -2.29. The fourth-order valence-corrected chi connectivity index (χ4v) is 4.33. The van der Waals surface area contributed by atoms with Crippen molar-refractivity contribution in [2.45, 2.75) is 25.0 Å². The first-order chi connectivity index (χ1) is 11.7. The lowest BCUT2D eigenvalue weighted by atomic mass is 9.77. The van der Waals surface area contributed by atoms with Crippen LogP contribution in [0, 0.1) is 5.92 Å². The van der Waals surface area contributed by atoms with E-state index in [0.717, 1.165) is 29.8 Å². The Bertz CT molecular complexity index is 933. The Morgan fingerprint density at radius 2 is 2.00 bits per heavy atom. The fourth-order valence-electron chi connectivity index (χ4n) is 4.33. The molecular formula is C19H18N4O. The van der Waals surface area contributed by atoms with E-state index in [0.29, 0.717) is 5.82 Å². The number of aliphatic hydroxyl groups excluding tert-OH is 1. The van der Waals surface area contributed by atoms with Crippen LogP contribution in [0.15, 0.2) is 48.9 Å². The van der Waals surface area contributed by atoms with E-state index < -0.39 is 6.10 Å². The van der Waals surface area contributed by atoms with Gasteiger partial charge in [-0.2, -0.15) is 0 Å². The topological polar surface area (TPSA) is 77.0 Å². The van der Waals surface area contributed by atoms with Crippen LogP contribution in [0.4, 0.5) is 5.82 Å².